The number of aryl methyl sites for hydroxylation is 1. The molecule has 0 fully saturated rings. The second kappa shape index (κ2) is 6.21. The van der Waals surface area contributed by atoms with Crippen molar-refractivity contribution in [3.05, 3.63) is 29.3 Å². The number of likely N-dealkylation sites (N-methyl/N-ethyl adjacent to an activating group) is 2. The molecule has 100 valence electrons. The van der Waals surface area contributed by atoms with Gasteiger partial charge < -0.3 is 15.0 Å². The van der Waals surface area contributed by atoms with Crippen LogP contribution in [0.1, 0.15) is 30.5 Å². The normalized spacial score (nSPS) is 16.2. The molecule has 0 bridgehead atoms. The lowest BCUT2D eigenvalue weighted by molar-refractivity contribution is 0.281. The highest BCUT2D eigenvalue weighted by Crippen LogP contribution is 2.28. The first kappa shape index (κ1) is 13.4. The van der Waals surface area contributed by atoms with Crippen LogP contribution in [0.3, 0.4) is 0 Å². The Morgan fingerprint density at radius 1 is 1.39 bits per heavy atom. The Kier molecular flexibility index (Phi) is 4.61. The number of nitrogens with zero attached hydrogens (tertiary/aromatic N) is 1. The summed E-state index contributed by atoms with van der Waals surface area (Å²) in [5.74, 6) is 1.07. The number of fused-ring (bicyclic) bond motifs is 1. The van der Waals surface area contributed by atoms with Crippen LogP contribution in [0.25, 0.3) is 0 Å². The average Bonchev–Trinajstić information content (AvgIpc) is 2.38. The molecule has 1 atom stereocenters. The van der Waals surface area contributed by atoms with E-state index in [9.17, 15) is 0 Å². The summed E-state index contributed by atoms with van der Waals surface area (Å²) in [7, 11) is 4.27. The zero-order valence-corrected chi connectivity index (χ0v) is 11.7. The van der Waals surface area contributed by atoms with Crippen LogP contribution in [-0.2, 0) is 6.42 Å². The molecule has 1 aliphatic rings. The van der Waals surface area contributed by atoms with E-state index in [1.165, 1.54) is 11.1 Å². The van der Waals surface area contributed by atoms with Crippen molar-refractivity contribution in [2.45, 2.75) is 25.8 Å². The van der Waals surface area contributed by atoms with E-state index in [-0.39, 0.29) is 0 Å². The van der Waals surface area contributed by atoms with E-state index >= 15 is 0 Å². The Hall–Kier alpha value is -1.06. The first-order chi connectivity index (χ1) is 8.72. The summed E-state index contributed by atoms with van der Waals surface area (Å²) < 4.78 is 5.67. The van der Waals surface area contributed by atoms with E-state index in [1.807, 2.05) is 0 Å². The molecule has 1 N–H and O–H groups in total. The fourth-order valence-electron chi connectivity index (χ4n) is 2.47. The van der Waals surface area contributed by atoms with Crippen molar-refractivity contribution in [3.63, 3.8) is 0 Å². The molecule has 1 heterocycles. The molecule has 2 rings (SSSR count). The minimum absolute atomic E-state index is 0.428. The predicted molar refractivity (Wildman–Crippen MR) is 75.2 cm³/mol. The third kappa shape index (κ3) is 3.03. The van der Waals surface area contributed by atoms with Crippen LogP contribution in [-0.4, -0.2) is 38.7 Å². The van der Waals surface area contributed by atoms with Crippen LogP contribution in [0, 0.1) is 0 Å². The summed E-state index contributed by atoms with van der Waals surface area (Å²) >= 11 is 0. The number of hydrogen-bond acceptors (Lipinski definition) is 3. The Balaban J connectivity index is 2.19. The minimum Gasteiger partial charge on any atom is -0.493 e. The molecular formula is C15H24N2O. The van der Waals surface area contributed by atoms with Crippen LogP contribution in [0.15, 0.2) is 18.2 Å². The van der Waals surface area contributed by atoms with Crippen molar-refractivity contribution in [1.82, 2.24) is 10.2 Å². The molecule has 0 aliphatic carbocycles. The quantitative estimate of drug-likeness (QED) is 0.865. The zero-order valence-electron chi connectivity index (χ0n) is 11.7. The molecule has 18 heavy (non-hydrogen) atoms. The summed E-state index contributed by atoms with van der Waals surface area (Å²) in [4.78, 5) is 2.27. The first-order valence-electron chi connectivity index (χ1n) is 6.85. The van der Waals surface area contributed by atoms with Crippen molar-refractivity contribution in [1.29, 1.82) is 0 Å². The highest BCUT2D eigenvalue weighted by Gasteiger charge is 2.17. The lowest BCUT2D eigenvalue weighted by Crippen LogP contribution is -2.31. The lowest BCUT2D eigenvalue weighted by atomic mass is 9.98. The van der Waals surface area contributed by atoms with Gasteiger partial charge in [-0.3, -0.25) is 0 Å². The van der Waals surface area contributed by atoms with E-state index in [4.69, 9.17) is 4.74 Å². The fourth-order valence-corrected chi connectivity index (χ4v) is 2.47. The largest absolute Gasteiger partial charge is 0.493 e. The maximum Gasteiger partial charge on any atom is 0.122 e. The van der Waals surface area contributed by atoms with Gasteiger partial charge in [0.1, 0.15) is 5.75 Å². The number of nitrogens with one attached hydrogen (secondary N) is 1. The van der Waals surface area contributed by atoms with Crippen molar-refractivity contribution in [2.24, 2.45) is 0 Å². The van der Waals surface area contributed by atoms with E-state index in [0.29, 0.717) is 6.04 Å². The van der Waals surface area contributed by atoms with Gasteiger partial charge in [0.2, 0.25) is 0 Å². The number of hydrogen-bond donors (Lipinski definition) is 1. The second-order valence-electron chi connectivity index (χ2n) is 5.11. The molecule has 0 radical (unpaired) electrons. The Labute approximate surface area is 110 Å². The van der Waals surface area contributed by atoms with Gasteiger partial charge in [0.25, 0.3) is 0 Å². The summed E-state index contributed by atoms with van der Waals surface area (Å²) in [6.07, 6.45) is 2.28. The maximum absolute atomic E-state index is 5.67. The second-order valence-corrected chi connectivity index (χ2v) is 5.11. The highest BCUT2D eigenvalue weighted by atomic mass is 16.5. The summed E-state index contributed by atoms with van der Waals surface area (Å²) in [5.41, 5.74) is 2.74. The summed E-state index contributed by atoms with van der Waals surface area (Å²) in [5, 5.41) is 3.44. The molecule has 0 spiro atoms. The van der Waals surface area contributed by atoms with Crippen molar-refractivity contribution in [2.75, 3.05) is 33.8 Å². The Morgan fingerprint density at radius 3 is 2.94 bits per heavy atom. The van der Waals surface area contributed by atoms with E-state index in [2.05, 4.69) is 49.4 Å². The smallest absolute Gasteiger partial charge is 0.122 e. The first-order valence-corrected chi connectivity index (χ1v) is 6.85. The molecule has 1 aromatic carbocycles. The van der Waals surface area contributed by atoms with Gasteiger partial charge in [-0.2, -0.15) is 0 Å². The molecular weight excluding hydrogens is 224 g/mol. The molecule has 0 saturated carbocycles. The molecule has 0 saturated heterocycles. The van der Waals surface area contributed by atoms with E-state index < -0.39 is 0 Å². The topological polar surface area (TPSA) is 24.5 Å². The Morgan fingerprint density at radius 2 is 2.22 bits per heavy atom. The van der Waals surface area contributed by atoms with Crippen LogP contribution in [0.5, 0.6) is 5.75 Å². The van der Waals surface area contributed by atoms with Crippen LogP contribution >= 0.6 is 0 Å². The molecule has 1 aromatic rings. The van der Waals surface area contributed by atoms with E-state index in [0.717, 1.165) is 38.3 Å². The van der Waals surface area contributed by atoms with Crippen LogP contribution < -0.4 is 10.1 Å². The van der Waals surface area contributed by atoms with Gasteiger partial charge in [-0.05, 0) is 50.7 Å². The summed E-state index contributed by atoms with van der Waals surface area (Å²) in [6.45, 7) is 5.01. The van der Waals surface area contributed by atoms with Crippen molar-refractivity contribution < 1.29 is 4.74 Å². The number of benzene rings is 1. The van der Waals surface area contributed by atoms with Gasteiger partial charge in [0.15, 0.2) is 0 Å². The molecule has 3 heteroatoms. The highest BCUT2D eigenvalue weighted by molar-refractivity contribution is 5.39. The van der Waals surface area contributed by atoms with Crippen molar-refractivity contribution >= 4 is 0 Å². The fraction of sp³-hybridized carbons (Fsp3) is 0.600. The van der Waals surface area contributed by atoms with Gasteiger partial charge in [0.05, 0.1) is 6.61 Å². The zero-order chi connectivity index (χ0) is 13.0. The Bertz CT molecular complexity index is 390. The minimum atomic E-state index is 0.428. The standard InChI is InChI=1S/C15H24N2O/c1-4-16-11-14(17(2)3)12-7-8-15-13(10-12)6-5-9-18-15/h7-8,10,14,16H,4-6,9,11H2,1-3H3. The molecule has 1 unspecified atom stereocenters. The predicted octanol–water partition coefficient (Wildman–Crippen LogP) is 2.22. The monoisotopic (exact) mass is 248 g/mol. The molecule has 0 amide bonds. The van der Waals surface area contributed by atoms with E-state index in [1.54, 1.807) is 0 Å². The van der Waals surface area contributed by atoms with Gasteiger partial charge in [-0.15, -0.1) is 0 Å². The van der Waals surface area contributed by atoms with Crippen LogP contribution in [0.4, 0.5) is 0 Å². The maximum atomic E-state index is 5.67. The molecule has 0 aromatic heterocycles. The third-order valence-corrected chi connectivity index (χ3v) is 3.53. The third-order valence-electron chi connectivity index (χ3n) is 3.53. The molecule has 3 nitrogen and oxygen atoms in total. The van der Waals surface area contributed by atoms with Gasteiger partial charge in [-0.1, -0.05) is 19.1 Å². The lowest BCUT2D eigenvalue weighted by Gasteiger charge is -2.27. The summed E-state index contributed by atoms with van der Waals surface area (Å²) in [6, 6.07) is 7.08. The molecule has 1 aliphatic heterocycles. The van der Waals surface area contributed by atoms with Gasteiger partial charge in [-0.25, -0.2) is 0 Å². The van der Waals surface area contributed by atoms with Gasteiger partial charge >= 0.3 is 0 Å². The SMILES string of the molecule is CCNCC(c1ccc2c(c1)CCCO2)N(C)C. The number of rotatable bonds is 5. The van der Waals surface area contributed by atoms with Crippen molar-refractivity contribution in [3.8, 4) is 5.75 Å². The van der Waals surface area contributed by atoms with Gasteiger partial charge in [0, 0.05) is 12.6 Å². The number of ether oxygens (including phenoxy) is 1. The average molecular weight is 248 g/mol. The van der Waals surface area contributed by atoms with Crippen LogP contribution in [0.2, 0.25) is 0 Å².